The third-order valence-electron chi connectivity index (χ3n) is 3.53. The molecule has 2 saturated heterocycles. The Morgan fingerprint density at radius 3 is 2.07 bits per heavy atom. The summed E-state index contributed by atoms with van der Waals surface area (Å²) in [5.74, 6) is -1.03. The summed E-state index contributed by atoms with van der Waals surface area (Å²) < 4.78 is 17.5. The first-order chi connectivity index (χ1) is 6.79. The Morgan fingerprint density at radius 1 is 1.07 bits per heavy atom. The summed E-state index contributed by atoms with van der Waals surface area (Å²) in [6, 6.07) is 0. The van der Waals surface area contributed by atoms with Crippen molar-refractivity contribution in [2.24, 2.45) is 0 Å². The van der Waals surface area contributed by atoms with Gasteiger partial charge in [-0.25, -0.2) is 0 Å². The van der Waals surface area contributed by atoms with E-state index in [0.29, 0.717) is 6.61 Å². The highest BCUT2D eigenvalue weighted by Crippen LogP contribution is 2.49. The lowest BCUT2D eigenvalue weighted by molar-refractivity contribution is -0.361. The Kier molecular flexibility index (Phi) is 2.59. The van der Waals surface area contributed by atoms with E-state index in [0.717, 1.165) is 12.8 Å². The Bertz CT molecular complexity index is 247. The molecule has 2 rings (SSSR count). The maximum Gasteiger partial charge on any atom is 0.301 e. The van der Waals surface area contributed by atoms with Crippen LogP contribution in [0.1, 0.15) is 40.5 Å². The van der Waals surface area contributed by atoms with Crippen LogP contribution in [0.3, 0.4) is 0 Å². The molecule has 0 aliphatic carbocycles. The molecule has 15 heavy (non-hydrogen) atoms. The van der Waals surface area contributed by atoms with E-state index in [9.17, 15) is 0 Å². The molecule has 0 saturated carbocycles. The molecule has 3 nitrogen and oxygen atoms in total. The molecule has 4 heteroatoms. The molecule has 2 aliphatic rings. The van der Waals surface area contributed by atoms with E-state index in [1.165, 1.54) is 0 Å². The molecule has 0 aromatic rings. The molecule has 0 aromatic heterocycles. The standard InChI is InChI=1S/C11H19ClO3/c1-9(2)10(3,4)15-11(14-9)8(12)6-5-7-13-11/h8H,5-7H2,1-4H3. The minimum atomic E-state index is -1.03. The largest absolute Gasteiger partial charge is 0.326 e. The monoisotopic (exact) mass is 234 g/mol. The fourth-order valence-corrected chi connectivity index (χ4v) is 2.22. The van der Waals surface area contributed by atoms with E-state index in [2.05, 4.69) is 0 Å². The molecular weight excluding hydrogens is 216 g/mol. The van der Waals surface area contributed by atoms with Gasteiger partial charge in [0.15, 0.2) is 0 Å². The van der Waals surface area contributed by atoms with Crippen LogP contribution in [0.15, 0.2) is 0 Å². The minimum absolute atomic E-state index is 0.229. The van der Waals surface area contributed by atoms with Crippen molar-refractivity contribution in [3.05, 3.63) is 0 Å². The van der Waals surface area contributed by atoms with Gasteiger partial charge in [0.2, 0.25) is 0 Å². The van der Waals surface area contributed by atoms with Crippen molar-refractivity contribution in [2.45, 2.75) is 63.1 Å². The highest BCUT2D eigenvalue weighted by atomic mass is 35.5. The number of ether oxygens (including phenoxy) is 3. The molecule has 0 amide bonds. The van der Waals surface area contributed by atoms with Crippen molar-refractivity contribution < 1.29 is 14.2 Å². The Morgan fingerprint density at radius 2 is 1.60 bits per heavy atom. The quantitative estimate of drug-likeness (QED) is 0.603. The normalized spacial score (nSPS) is 37.0. The van der Waals surface area contributed by atoms with Crippen molar-refractivity contribution in [1.82, 2.24) is 0 Å². The van der Waals surface area contributed by atoms with E-state index in [-0.39, 0.29) is 5.38 Å². The Balaban J connectivity index is 2.26. The van der Waals surface area contributed by atoms with Gasteiger partial charge in [0, 0.05) is 0 Å². The van der Waals surface area contributed by atoms with Crippen LogP contribution in [0.4, 0.5) is 0 Å². The topological polar surface area (TPSA) is 27.7 Å². The molecule has 0 bridgehead atoms. The van der Waals surface area contributed by atoms with E-state index >= 15 is 0 Å². The predicted molar refractivity (Wildman–Crippen MR) is 57.9 cm³/mol. The van der Waals surface area contributed by atoms with Gasteiger partial charge in [-0.2, -0.15) is 0 Å². The van der Waals surface area contributed by atoms with Crippen molar-refractivity contribution in [3.63, 3.8) is 0 Å². The van der Waals surface area contributed by atoms with Crippen LogP contribution < -0.4 is 0 Å². The van der Waals surface area contributed by atoms with Crippen molar-refractivity contribution >= 4 is 11.6 Å². The van der Waals surface area contributed by atoms with Gasteiger partial charge in [0.05, 0.1) is 17.8 Å². The van der Waals surface area contributed by atoms with Crippen LogP contribution in [0.5, 0.6) is 0 Å². The summed E-state index contributed by atoms with van der Waals surface area (Å²) in [6.45, 7) is 8.66. The average molecular weight is 235 g/mol. The van der Waals surface area contributed by atoms with Crippen LogP contribution in [0, 0.1) is 0 Å². The zero-order valence-corrected chi connectivity index (χ0v) is 10.6. The van der Waals surface area contributed by atoms with Crippen LogP contribution in [-0.4, -0.2) is 29.2 Å². The van der Waals surface area contributed by atoms with Crippen LogP contribution >= 0.6 is 11.6 Å². The summed E-state index contributed by atoms with van der Waals surface area (Å²) in [5.41, 5.74) is -0.783. The van der Waals surface area contributed by atoms with Crippen LogP contribution in [0.25, 0.3) is 0 Å². The van der Waals surface area contributed by atoms with E-state index in [4.69, 9.17) is 25.8 Å². The van der Waals surface area contributed by atoms with Gasteiger partial charge in [0.25, 0.3) is 0 Å². The van der Waals surface area contributed by atoms with Gasteiger partial charge >= 0.3 is 5.97 Å². The number of alkyl halides is 1. The first-order valence-corrected chi connectivity index (χ1v) is 5.91. The summed E-state index contributed by atoms with van der Waals surface area (Å²) in [7, 11) is 0. The second-order valence-corrected chi connectivity index (χ2v) is 5.81. The lowest BCUT2D eigenvalue weighted by atomic mass is 9.90. The highest BCUT2D eigenvalue weighted by Gasteiger charge is 2.61. The van der Waals surface area contributed by atoms with Crippen molar-refractivity contribution in [2.75, 3.05) is 6.61 Å². The average Bonchev–Trinajstić information content (AvgIpc) is 2.25. The Hall–Kier alpha value is 0.170. The van der Waals surface area contributed by atoms with Gasteiger partial charge in [-0.3, -0.25) is 0 Å². The summed E-state index contributed by atoms with van der Waals surface area (Å²) in [5, 5.41) is -0.229. The molecule has 88 valence electrons. The van der Waals surface area contributed by atoms with E-state index in [1.54, 1.807) is 0 Å². The van der Waals surface area contributed by atoms with Gasteiger partial charge in [-0.05, 0) is 40.5 Å². The van der Waals surface area contributed by atoms with Gasteiger partial charge in [-0.15, -0.1) is 11.6 Å². The predicted octanol–water partition coefficient (Wildman–Crippen LogP) is 2.66. The lowest BCUT2D eigenvalue weighted by Crippen LogP contribution is -2.48. The van der Waals surface area contributed by atoms with E-state index in [1.807, 2.05) is 27.7 Å². The van der Waals surface area contributed by atoms with E-state index < -0.39 is 17.2 Å². The molecule has 2 heterocycles. The zero-order chi connectivity index (χ0) is 11.3. The number of hydrogen-bond donors (Lipinski definition) is 0. The van der Waals surface area contributed by atoms with Crippen molar-refractivity contribution in [3.8, 4) is 0 Å². The van der Waals surface area contributed by atoms with Gasteiger partial charge < -0.3 is 14.2 Å². The minimum Gasteiger partial charge on any atom is -0.326 e. The molecule has 0 radical (unpaired) electrons. The summed E-state index contributed by atoms with van der Waals surface area (Å²) >= 11 is 6.26. The molecule has 2 aliphatic heterocycles. The molecular formula is C11H19ClO3. The fraction of sp³-hybridized carbons (Fsp3) is 1.00. The summed E-state index contributed by atoms with van der Waals surface area (Å²) in [6.07, 6.45) is 1.83. The first-order valence-electron chi connectivity index (χ1n) is 5.47. The second kappa shape index (κ2) is 3.33. The van der Waals surface area contributed by atoms with Crippen LogP contribution in [0.2, 0.25) is 0 Å². The third kappa shape index (κ3) is 1.70. The fourth-order valence-electron chi connectivity index (χ4n) is 1.91. The highest BCUT2D eigenvalue weighted by molar-refractivity contribution is 6.21. The maximum absolute atomic E-state index is 6.26. The number of hydrogen-bond acceptors (Lipinski definition) is 3. The second-order valence-electron chi connectivity index (χ2n) is 5.29. The van der Waals surface area contributed by atoms with Gasteiger partial charge in [0.1, 0.15) is 5.38 Å². The van der Waals surface area contributed by atoms with Crippen molar-refractivity contribution in [1.29, 1.82) is 0 Å². The first kappa shape index (κ1) is 11.6. The smallest absolute Gasteiger partial charge is 0.301 e. The SMILES string of the molecule is CC1(C)OC2(OCCCC2Cl)OC1(C)C. The molecule has 1 unspecified atom stereocenters. The lowest BCUT2D eigenvalue weighted by Gasteiger charge is -2.36. The number of halogens is 1. The van der Waals surface area contributed by atoms with Gasteiger partial charge in [-0.1, -0.05) is 0 Å². The van der Waals surface area contributed by atoms with Crippen LogP contribution in [-0.2, 0) is 14.2 Å². The maximum atomic E-state index is 6.26. The third-order valence-corrected chi connectivity index (χ3v) is 4.02. The molecule has 0 N–H and O–H groups in total. The Labute approximate surface area is 96.0 Å². The zero-order valence-electron chi connectivity index (χ0n) is 9.80. The summed E-state index contributed by atoms with van der Waals surface area (Å²) in [4.78, 5) is 0. The molecule has 1 spiro atoms. The number of rotatable bonds is 0. The molecule has 2 fully saturated rings. The molecule has 1 atom stereocenters. The molecule has 0 aromatic carbocycles.